The first-order chi connectivity index (χ1) is 17.1. The van der Waals surface area contributed by atoms with Crippen molar-refractivity contribution in [2.24, 2.45) is 0 Å². The summed E-state index contributed by atoms with van der Waals surface area (Å²) in [5.41, 5.74) is -0.859. The Labute approximate surface area is 208 Å². The summed E-state index contributed by atoms with van der Waals surface area (Å²) in [5.74, 6) is -2.32. The highest BCUT2D eigenvalue weighted by Gasteiger charge is 2.37. The fraction of sp³-hybridized carbons (Fsp3) is 0. The van der Waals surface area contributed by atoms with Crippen LogP contribution in [0.15, 0.2) is 83.3 Å². The number of hydrogen-bond acceptors (Lipinski definition) is 8. The molecule has 1 N–H and O–H groups in total. The number of nitro groups is 1. The Kier molecular flexibility index (Phi) is 6.55. The van der Waals surface area contributed by atoms with Gasteiger partial charge < -0.3 is 4.18 Å². The van der Waals surface area contributed by atoms with Crippen LogP contribution in [0.1, 0.15) is 5.56 Å². The maximum atomic E-state index is 13.1. The molecule has 0 spiro atoms. The van der Waals surface area contributed by atoms with Gasteiger partial charge in [-0.2, -0.15) is 8.42 Å². The highest BCUT2D eigenvalue weighted by atomic mass is 35.5. The van der Waals surface area contributed by atoms with Crippen LogP contribution >= 0.6 is 11.6 Å². The van der Waals surface area contributed by atoms with Crippen molar-refractivity contribution in [1.82, 2.24) is 5.32 Å². The van der Waals surface area contributed by atoms with Crippen molar-refractivity contribution in [2.45, 2.75) is 4.90 Å². The van der Waals surface area contributed by atoms with E-state index in [2.05, 4.69) is 0 Å². The third-order valence-electron chi connectivity index (χ3n) is 4.92. The Bertz CT molecular complexity index is 1540. The zero-order valence-corrected chi connectivity index (χ0v) is 19.5. The zero-order valence-electron chi connectivity index (χ0n) is 18.0. The molecule has 1 aliphatic rings. The average Bonchev–Trinajstić information content (AvgIpc) is 2.84. The fourth-order valence-electron chi connectivity index (χ4n) is 3.23. The predicted octanol–water partition coefficient (Wildman–Crippen LogP) is 3.68. The number of barbiturate groups is 1. The molecule has 0 saturated carbocycles. The van der Waals surface area contributed by atoms with Gasteiger partial charge in [0.1, 0.15) is 16.2 Å². The van der Waals surface area contributed by atoms with Gasteiger partial charge in [-0.15, -0.1) is 0 Å². The Hall–Kier alpha value is -4.55. The second kappa shape index (κ2) is 9.60. The van der Waals surface area contributed by atoms with E-state index in [1.54, 1.807) is 6.07 Å². The number of nitro benzene ring substituents is 1. The molecule has 0 unspecified atom stereocenters. The minimum absolute atomic E-state index is 0.0292. The monoisotopic (exact) mass is 527 g/mol. The summed E-state index contributed by atoms with van der Waals surface area (Å²) < 4.78 is 30.6. The van der Waals surface area contributed by atoms with E-state index >= 15 is 0 Å². The van der Waals surface area contributed by atoms with E-state index in [-0.39, 0.29) is 32.6 Å². The highest BCUT2D eigenvalue weighted by Crippen LogP contribution is 2.30. The maximum absolute atomic E-state index is 13.1. The first-order valence-electron chi connectivity index (χ1n) is 10.0. The van der Waals surface area contributed by atoms with E-state index in [0.717, 1.165) is 18.2 Å². The summed E-state index contributed by atoms with van der Waals surface area (Å²) in [6, 6.07) is 14.6. The molecular formula is C23H14ClN3O8S. The molecule has 3 aromatic rings. The van der Waals surface area contributed by atoms with Crippen LogP contribution in [-0.2, 0) is 19.7 Å². The molecule has 0 aliphatic carbocycles. The predicted molar refractivity (Wildman–Crippen MR) is 128 cm³/mol. The van der Waals surface area contributed by atoms with Gasteiger partial charge in [0.2, 0.25) is 0 Å². The minimum atomic E-state index is -4.27. The van der Waals surface area contributed by atoms with E-state index in [9.17, 15) is 32.9 Å². The molecular weight excluding hydrogens is 514 g/mol. The van der Waals surface area contributed by atoms with Crippen LogP contribution in [0.2, 0.25) is 5.02 Å². The summed E-state index contributed by atoms with van der Waals surface area (Å²) in [5, 5.41) is 13.0. The Morgan fingerprint density at radius 3 is 2.28 bits per heavy atom. The van der Waals surface area contributed by atoms with Gasteiger partial charge >= 0.3 is 16.1 Å². The molecule has 13 heteroatoms. The number of imide groups is 2. The van der Waals surface area contributed by atoms with E-state index in [0.29, 0.717) is 4.90 Å². The number of anilines is 1. The van der Waals surface area contributed by atoms with Gasteiger partial charge in [-0.25, -0.2) is 9.69 Å². The van der Waals surface area contributed by atoms with E-state index in [4.69, 9.17) is 15.8 Å². The van der Waals surface area contributed by atoms with Crippen LogP contribution in [0.5, 0.6) is 5.75 Å². The van der Waals surface area contributed by atoms with E-state index < -0.39 is 38.5 Å². The molecule has 0 bridgehead atoms. The number of benzene rings is 3. The summed E-state index contributed by atoms with van der Waals surface area (Å²) in [6.45, 7) is 0. The quantitative estimate of drug-likeness (QED) is 0.167. The van der Waals surface area contributed by atoms with E-state index in [1.165, 1.54) is 54.6 Å². The van der Waals surface area contributed by atoms with E-state index in [1.807, 2.05) is 5.32 Å². The number of carbonyl (C=O) groups is 3. The average molecular weight is 528 g/mol. The number of urea groups is 1. The van der Waals surface area contributed by atoms with Gasteiger partial charge in [0.25, 0.3) is 17.5 Å². The molecule has 182 valence electrons. The molecule has 3 aromatic carbocycles. The summed E-state index contributed by atoms with van der Waals surface area (Å²) in [4.78, 5) is 48.7. The lowest BCUT2D eigenvalue weighted by atomic mass is 10.1. The van der Waals surface area contributed by atoms with Crippen molar-refractivity contribution in [3.8, 4) is 5.75 Å². The van der Waals surface area contributed by atoms with Gasteiger partial charge in [0.15, 0.2) is 0 Å². The Morgan fingerprint density at radius 1 is 0.972 bits per heavy atom. The number of rotatable bonds is 6. The van der Waals surface area contributed by atoms with Gasteiger partial charge in [-0.05, 0) is 48.5 Å². The number of amides is 4. The smallest absolute Gasteiger partial charge is 0.339 e. The highest BCUT2D eigenvalue weighted by molar-refractivity contribution is 7.87. The SMILES string of the molecule is O=C1NC(=O)N(c2ccc([N+](=O)[O-])cc2)C(=O)/C1=C/c1cc(Cl)ccc1OS(=O)(=O)c1ccccc1. The Morgan fingerprint density at radius 2 is 1.64 bits per heavy atom. The normalized spacial score (nSPS) is 15.1. The largest absolute Gasteiger partial charge is 0.378 e. The number of nitrogens with one attached hydrogen (secondary N) is 1. The molecule has 0 aromatic heterocycles. The van der Waals surface area contributed by atoms with Crippen molar-refractivity contribution < 1.29 is 31.9 Å². The minimum Gasteiger partial charge on any atom is -0.378 e. The number of carbonyl (C=O) groups excluding carboxylic acids is 3. The van der Waals surface area contributed by atoms with Crippen LogP contribution in [0.25, 0.3) is 6.08 Å². The standard InChI is InChI=1S/C23H14ClN3O8S/c24-15-6-11-20(35-36(33,34)18-4-2-1-3-5-18)14(12-15)13-19-21(28)25-23(30)26(22(19)29)16-7-9-17(10-8-16)27(31)32/h1-13H,(H,25,28,30)/b19-13+. The molecule has 36 heavy (non-hydrogen) atoms. The van der Waals surface area contributed by atoms with Crippen molar-refractivity contribution in [2.75, 3.05) is 4.90 Å². The maximum Gasteiger partial charge on any atom is 0.339 e. The van der Waals surface area contributed by atoms with Gasteiger partial charge in [0, 0.05) is 22.7 Å². The van der Waals surface area contributed by atoms with Gasteiger partial charge in [-0.3, -0.25) is 25.0 Å². The number of halogens is 1. The molecule has 1 fully saturated rings. The number of nitrogens with zero attached hydrogens (tertiary/aromatic N) is 2. The number of hydrogen-bond donors (Lipinski definition) is 1. The zero-order chi connectivity index (χ0) is 26.0. The molecule has 1 aliphatic heterocycles. The molecule has 1 saturated heterocycles. The summed E-state index contributed by atoms with van der Waals surface area (Å²) in [7, 11) is -4.27. The van der Waals surface area contributed by atoms with Crippen molar-refractivity contribution in [1.29, 1.82) is 0 Å². The molecule has 0 atom stereocenters. The molecule has 1 heterocycles. The third kappa shape index (κ3) is 4.94. The first-order valence-corrected chi connectivity index (χ1v) is 11.8. The van der Waals surface area contributed by atoms with Crippen molar-refractivity contribution in [3.63, 3.8) is 0 Å². The second-order valence-corrected chi connectivity index (χ2v) is 9.25. The van der Waals surface area contributed by atoms with Crippen LogP contribution in [0, 0.1) is 10.1 Å². The third-order valence-corrected chi connectivity index (χ3v) is 6.41. The first kappa shape index (κ1) is 24.6. The van der Waals surface area contributed by atoms with Crippen LogP contribution < -0.4 is 14.4 Å². The summed E-state index contributed by atoms with van der Waals surface area (Å²) in [6.07, 6.45) is 1.03. The fourth-order valence-corrected chi connectivity index (χ4v) is 4.39. The lowest BCUT2D eigenvalue weighted by Crippen LogP contribution is -2.54. The van der Waals surface area contributed by atoms with Gasteiger partial charge in [0.05, 0.1) is 10.6 Å². The van der Waals surface area contributed by atoms with Crippen molar-refractivity contribution >= 4 is 57.0 Å². The lowest BCUT2D eigenvalue weighted by molar-refractivity contribution is -0.384. The van der Waals surface area contributed by atoms with Crippen LogP contribution in [-0.4, -0.2) is 31.2 Å². The topological polar surface area (TPSA) is 153 Å². The van der Waals surface area contributed by atoms with Crippen molar-refractivity contribution in [3.05, 3.63) is 99.1 Å². The molecule has 4 rings (SSSR count). The number of non-ortho nitro benzene ring substituents is 1. The van der Waals surface area contributed by atoms with Crippen LogP contribution in [0.4, 0.5) is 16.2 Å². The Balaban J connectivity index is 1.73. The van der Waals surface area contributed by atoms with Gasteiger partial charge in [-0.1, -0.05) is 29.8 Å². The lowest BCUT2D eigenvalue weighted by Gasteiger charge is -2.26. The molecule has 0 radical (unpaired) electrons. The van der Waals surface area contributed by atoms with Crippen LogP contribution in [0.3, 0.4) is 0 Å². The molecule has 4 amide bonds. The summed E-state index contributed by atoms with van der Waals surface area (Å²) >= 11 is 6.04. The molecule has 11 nitrogen and oxygen atoms in total. The second-order valence-electron chi connectivity index (χ2n) is 7.26.